The second-order valence-corrected chi connectivity index (χ2v) is 8.85. The van der Waals surface area contributed by atoms with Gasteiger partial charge in [-0.2, -0.15) is 0 Å². The average Bonchev–Trinajstić information content (AvgIpc) is 2.79. The molecule has 1 unspecified atom stereocenters. The highest BCUT2D eigenvalue weighted by atomic mass is 35.5. The van der Waals surface area contributed by atoms with Crippen molar-refractivity contribution >= 4 is 12.4 Å². The summed E-state index contributed by atoms with van der Waals surface area (Å²) in [6, 6.07) is 19.3. The first-order chi connectivity index (χ1) is 13.8. The van der Waals surface area contributed by atoms with Crippen LogP contribution in [0.4, 0.5) is 0 Å². The number of hydrogen-bond donors (Lipinski definition) is 1. The van der Waals surface area contributed by atoms with E-state index in [1.54, 1.807) is 0 Å². The fourth-order valence-electron chi connectivity index (χ4n) is 5.26. The standard InChI is InChI=1S/C26H35NO.ClH/c28-26(24-12-6-2-7-13-24,18-21-27-19-8-3-9-20-27)25-16-14-23(15-17-25)22-10-4-1-5-11-22;/h1,4-5,10-11,14-17,24,28H,2-3,6-9,12-13,18-21H2;1H. The van der Waals surface area contributed by atoms with E-state index in [9.17, 15) is 5.11 Å². The van der Waals surface area contributed by atoms with Crippen molar-refractivity contribution in [2.24, 2.45) is 5.92 Å². The third-order valence-electron chi connectivity index (χ3n) is 7.03. The third kappa shape index (κ3) is 5.42. The van der Waals surface area contributed by atoms with Gasteiger partial charge in [-0.05, 0) is 67.8 Å². The predicted octanol–water partition coefficient (Wildman–Crippen LogP) is 6.42. The Morgan fingerprint density at radius 3 is 2.00 bits per heavy atom. The predicted molar refractivity (Wildman–Crippen MR) is 125 cm³/mol. The molecule has 0 spiro atoms. The van der Waals surface area contributed by atoms with Crippen LogP contribution in [0.15, 0.2) is 54.6 Å². The zero-order valence-corrected chi connectivity index (χ0v) is 18.4. The zero-order valence-electron chi connectivity index (χ0n) is 17.6. The third-order valence-corrected chi connectivity index (χ3v) is 7.03. The van der Waals surface area contributed by atoms with Crippen molar-refractivity contribution in [2.45, 2.75) is 63.4 Å². The molecular formula is C26H36ClNO. The molecule has 2 aliphatic rings. The SMILES string of the molecule is Cl.OC(CCN1CCCCC1)(c1ccc(-c2ccccc2)cc1)C1CCCCC1. The van der Waals surface area contributed by atoms with Crippen LogP contribution in [0.2, 0.25) is 0 Å². The molecule has 0 aromatic heterocycles. The number of aliphatic hydroxyl groups is 1. The molecule has 4 rings (SSSR count). The molecule has 158 valence electrons. The highest BCUT2D eigenvalue weighted by Gasteiger charge is 2.39. The van der Waals surface area contributed by atoms with E-state index in [4.69, 9.17) is 0 Å². The molecule has 2 fully saturated rings. The van der Waals surface area contributed by atoms with Crippen LogP contribution in [-0.4, -0.2) is 29.6 Å². The van der Waals surface area contributed by atoms with E-state index in [0.717, 1.165) is 31.4 Å². The Morgan fingerprint density at radius 2 is 1.34 bits per heavy atom. The number of halogens is 1. The molecule has 1 aliphatic heterocycles. The maximum atomic E-state index is 12.0. The van der Waals surface area contributed by atoms with Gasteiger partial charge < -0.3 is 10.0 Å². The number of likely N-dealkylation sites (tertiary alicyclic amines) is 1. The van der Waals surface area contributed by atoms with E-state index < -0.39 is 5.60 Å². The van der Waals surface area contributed by atoms with E-state index in [0.29, 0.717) is 5.92 Å². The summed E-state index contributed by atoms with van der Waals surface area (Å²) < 4.78 is 0. The second-order valence-electron chi connectivity index (χ2n) is 8.85. The molecule has 0 radical (unpaired) electrons. The fraction of sp³-hybridized carbons (Fsp3) is 0.538. The van der Waals surface area contributed by atoms with Gasteiger partial charge in [-0.25, -0.2) is 0 Å². The molecule has 1 atom stereocenters. The molecule has 2 aromatic carbocycles. The summed E-state index contributed by atoms with van der Waals surface area (Å²) in [7, 11) is 0. The maximum absolute atomic E-state index is 12.0. The average molecular weight is 414 g/mol. The molecule has 1 N–H and O–H groups in total. The molecule has 0 amide bonds. The Hall–Kier alpha value is -1.35. The lowest BCUT2D eigenvalue weighted by molar-refractivity contribution is -0.0528. The molecule has 1 heterocycles. The van der Waals surface area contributed by atoms with Crippen LogP contribution in [0.5, 0.6) is 0 Å². The number of benzene rings is 2. The zero-order chi connectivity index (χ0) is 19.2. The van der Waals surface area contributed by atoms with Gasteiger partial charge in [0.2, 0.25) is 0 Å². The lowest BCUT2D eigenvalue weighted by atomic mass is 9.71. The van der Waals surface area contributed by atoms with Crippen molar-refractivity contribution < 1.29 is 5.11 Å². The van der Waals surface area contributed by atoms with Gasteiger partial charge >= 0.3 is 0 Å². The molecule has 2 nitrogen and oxygen atoms in total. The number of hydrogen-bond acceptors (Lipinski definition) is 2. The van der Waals surface area contributed by atoms with Crippen LogP contribution >= 0.6 is 12.4 Å². The number of rotatable bonds is 6. The summed E-state index contributed by atoms with van der Waals surface area (Å²) in [5.41, 5.74) is 2.90. The minimum absolute atomic E-state index is 0. The van der Waals surface area contributed by atoms with Gasteiger partial charge in [0.15, 0.2) is 0 Å². The highest BCUT2D eigenvalue weighted by Crippen LogP contribution is 2.42. The highest BCUT2D eigenvalue weighted by molar-refractivity contribution is 5.85. The van der Waals surface area contributed by atoms with Crippen molar-refractivity contribution in [3.8, 4) is 11.1 Å². The van der Waals surface area contributed by atoms with Crippen LogP contribution < -0.4 is 0 Å². The van der Waals surface area contributed by atoms with Crippen LogP contribution in [0, 0.1) is 5.92 Å². The van der Waals surface area contributed by atoms with Gasteiger partial charge in [-0.1, -0.05) is 80.3 Å². The Balaban J connectivity index is 0.00000240. The van der Waals surface area contributed by atoms with Crippen molar-refractivity contribution in [1.29, 1.82) is 0 Å². The van der Waals surface area contributed by atoms with Crippen LogP contribution in [0.25, 0.3) is 11.1 Å². The van der Waals surface area contributed by atoms with E-state index >= 15 is 0 Å². The lowest BCUT2D eigenvalue weighted by Gasteiger charge is -2.41. The summed E-state index contributed by atoms with van der Waals surface area (Å²) in [5.74, 6) is 0.397. The summed E-state index contributed by atoms with van der Waals surface area (Å²) >= 11 is 0. The van der Waals surface area contributed by atoms with Gasteiger partial charge in [0.05, 0.1) is 5.60 Å². The van der Waals surface area contributed by atoms with Crippen LogP contribution in [0.1, 0.15) is 63.4 Å². The largest absolute Gasteiger partial charge is 0.385 e. The molecule has 0 bridgehead atoms. The minimum atomic E-state index is -0.687. The summed E-state index contributed by atoms with van der Waals surface area (Å²) in [6.07, 6.45) is 11.0. The van der Waals surface area contributed by atoms with Crippen LogP contribution in [-0.2, 0) is 5.60 Å². The van der Waals surface area contributed by atoms with Crippen molar-refractivity contribution in [3.63, 3.8) is 0 Å². The Kier molecular flexibility index (Phi) is 8.17. The van der Waals surface area contributed by atoms with Gasteiger partial charge in [0.1, 0.15) is 0 Å². The summed E-state index contributed by atoms with van der Waals surface area (Å²) in [5, 5.41) is 12.0. The quantitative estimate of drug-likeness (QED) is 0.590. The molecule has 2 aromatic rings. The van der Waals surface area contributed by atoms with E-state index in [-0.39, 0.29) is 12.4 Å². The second kappa shape index (κ2) is 10.6. The minimum Gasteiger partial charge on any atom is -0.385 e. The maximum Gasteiger partial charge on any atom is 0.0936 e. The first-order valence-corrected chi connectivity index (χ1v) is 11.4. The van der Waals surface area contributed by atoms with Gasteiger partial charge in [0, 0.05) is 6.54 Å². The number of nitrogens with zero attached hydrogens (tertiary/aromatic N) is 1. The normalized spacial score (nSPS) is 20.6. The smallest absolute Gasteiger partial charge is 0.0936 e. The monoisotopic (exact) mass is 413 g/mol. The molecule has 1 saturated heterocycles. The van der Waals surface area contributed by atoms with Crippen molar-refractivity contribution in [2.75, 3.05) is 19.6 Å². The fourth-order valence-corrected chi connectivity index (χ4v) is 5.26. The first-order valence-electron chi connectivity index (χ1n) is 11.4. The Morgan fingerprint density at radius 1 is 0.759 bits per heavy atom. The molecule has 1 aliphatic carbocycles. The Bertz CT molecular complexity index is 720. The van der Waals surface area contributed by atoms with Crippen molar-refractivity contribution in [1.82, 2.24) is 4.90 Å². The van der Waals surface area contributed by atoms with Gasteiger partial charge in [-0.15, -0.1) is 12.4 Å². The molecular weight excluding hydrogens is 378 g/mol. The van der Waals surface area contributed by atoms with E-state index in [1.165, 1.54) is 62.7 Å². The van der Waals surface area contributed by atoms with Crippen LogP contribution in [0.3, 0.4) is 0 Å². The summed E-state index contributed by atoms with van der Waals surface area (Å²) in [6.45, 7) is 3.43. The first kappa shape index (κ1) is 22.3. The Labute approximate surface area is 182 Å². The van der Waals surface area contributed by atoms with Gasteiger partial charge in [0.25, 0.3) is 0 Å². The van der Waals surface area contributed by atoms with E-state index in [1.807, 2.05) is 0 Å². The lowest BCUT2D eigenvalue weighted by Crippen LogP contribution is -2.41. The number of piperidine rings is 1. The van der Waals surface area contributed by atoms with Gasteiger partial charge in [-0.3, -0.25) is 0 Å². The van der Waals surface area contributed by atoms with Crippen molar-refractivity contribution in [3.05, 3.63) is 60.2 Å². The molecule has 29 heavy (non-hydrogen) atoms. The van der Waals surface area contributed by atoms with E-state index in [2.05, 4.69) is 59.5 Å². The molecule has 3 heteroatoms. The topological polar surface area (TPSA) is 23.5 Å². The summed E-state index contributed by atoms with van der Waals surface area (Å²) in [4.78, 5) is 2.57. The molecule has 1 saturated carbocycles.